The van der Waals surface area contributed by atoms with Crippen molar-refractivity contribution in [1.29, 1.82) is 0 Å². The summed E-state index contributed by atoms with van der Waals surface area (Å²) in [6.07, 6.45) is 3.90. The summed E-state index contributed by atoms with van der Waals surface area (Å²) in [5.41, 5.74) is -0.274. The zero-order valence-electron chi connectivity index (χ0n) is 13.2. The van der Waals surface area contributed by atoms with E-state index in [9.17, 15) is 9.59 Å². The molecule has 0 bridgehead atoms. The maximum absolute atomic E-state index is 13.0. The number of carbonyl (C=O) groups excluding carboxylic acids is 2. The topological polar surface area (TPSA) is 58.6 Å². The van der Waals surface area contributed by atoms with Crippen molar-refractivity contribution in [3.05, 3.63) is 0 Å². The smallest absolute Gasteiger partial charge is 0.246 e. The highest BCUT2D eigenvalue weighted by molar-refractivity contribution is 5.90. The lowest BCUT2D eigenvalue weighted by Crippen LogP contribution is -2.55. The van der Waals surface area contributed by atoms with Gasteiger partial charge in [-0.2, -0.15) is 0 Å². The molecule has 3 atom stereocenters. The van der Waals surface area contributed by atoms with Gasteiger partial charge in [-0.3, -0.25) is 9.59 Å². The van der Waals surface area contributed by atoms with Crippen molar-refractivity contribution < 1.29 is 14.3 Å². The molecule has 0 aromatic rings. The molecule has 1 N–H and O–H groups in total. The van der Waals surface area contributed by atoms with Crippen molar-refractivity contribution >= 4 is 11.8 Å². The molecule has 21 heavy (non-hydrogen) atoms. The lowest BCUT2D eigenvalue weighted by Gasteiger charge is -2.36. The predicted molar refractivity (Wildman–Crippen MR) is 78.6 cm³/mol. The molecule has 3 aliphatic rings. The van der Waals surface area contributed by atoms with E-state index in [-0.39, 0.29) is 29.4 Å². The highest BCUT2D eigenvalue weighted by atomic mass is 16.5. The van der Waals surface area contributed by atoms with Gasteiger partial charge in [-0.15, -0.1) is 0 Å². The number of hydrogen-bond acceptors (Lipinski definition) is 3. The molecule has 3 unspecified atom stereocenters. The van der Waals surface area contributed by atoms with Gasteiger partial charge in [0.2, 0.25) is 11.8 Å². The Kier molecular flexibility index (Phi) is 3.72. The Bertz CT molecular complexity index is 439. The van der Waals surface area contributed by atoms with Crippen LogP contribution >= 0.6 is 0 Å². The van der Waals surface area contributed by atoms with Crippen LogP contribution in [0.3, 0.4) is 0 Å². The van der Waals surface area contributed by atoms with Crippen LogP contribution in [0, 0.1) is 11.3 Å². The van der Waals surface area contributed by atoms with Gasteiger partial charge in [-0.25, -0.2) is 0 Å². The Morgan fingerprint density at radius 3 is 2.52 bits per heavy atom. The summed E-state index contributed by atoms with van der Waals surface area (Å²) in [5.74, 6) is 0.660. The third-order valence-corrected chi connectivity index (χ3v) is 4.87. The minimum Gasteiger partial charge on any atom is -0.376 e. The van der Waals surface area contributed by atoms with Crippen molar-refractivity contribution in [2.75, 3.05) is 13.2 Å². The second kappa shape index (κ2) is 5.27. The molecular weight excluding hydrogens is 268 g/mol. The predicted octanol–water partition coefficient (Wildman–Crippen LogP) is 1.32. The molecule has 2 aliphatic heterocycles. The van der Waals surface area contributed by atoms with Gasteiger partial charge >= 0.3 is 0 Å². The van der Waals surface area contributed by atoms with Crippen LogP contribution in [0.15, 0.2) is 0 Å². The molecule has 0 spiro atoms. The first-order valence-corrected chi connectivity index (χ1v) is 8.09. The molecule has 2 amide bonds. The fourth-order valence-electron chi connectivity index (χ4n) is 3.52. The van der Waals surface area contributed by atoms with Gasteiger partial charge in [-0.05, 0) is 30.6 Å². The molecule has 5 heteroatoms. The van der Waals surface area contributed by atoms with E-state index in [0.29, 0.717) is 18.9 Å². The summed E-state index contributed by atoms with van der Waals surface area (Å²) >= 11 is 0. The minimum atomic E-state index is -0.437. The van der Waals surface area contributed by atoms with Gasteiger partial charge in [0.05, 0.1) is 12.1 Å². The largest absolute Gasteiger partial charge is 0.376 e. The molecule has 0 aromatic heterocycles. The molecule has 2 saturated heterocycles. The number of carbonyl (C=O) groups is 2. The van der Waals surface area contributed by atoms with Gasteiger partial charge in [-0.1, -0.05) is 20.8 Å². The summed E-state index contributed by atoms with van der Waals surface area (Å²) in [6, 6.07) is -0.282. The Balaban J connectivity index is 1.82. The normalized spacial score (nSPS) is 34.8. The summed E-state index contributed by atoms with van der Waals surface area (Å²) < 4.78 is 5.88. The van der Waals surface area contributed by atoms with E-state index in [1.807, 2.05) is 25.7 Å². The lowest BCUT2D eigenvalue weighted by atomic mass is 9.85. The Hall–Kier alpha value is -1.10. The summed E-state index contributed by atoms with van der Waals surface area (Å²) in [5, 5.41) is 2.91. The van der Waals surface area contributed by atoms with Crippen molar-refractivity contribution in [3.63, 3.8) is 0 Å². The lowest BCUT2D eigenvalue weighted by molar-refractivity contribution is -0.139. The molecule has 1 aliphatic carbocycles. The number of rotatable bonds is 2. The van der Waals surface area contributed by atoms with Crippen molar-refractivity contribution in [2.45, 2.75) is 64.6 Å². The average molecular weight is 294 g/mol. The summed E-state index contributed by atoms with van der Waals surface area (Å²) in [7, 11) is 0. The van der Waals surface area contributed by atoms with Gasteiger partial charge < -0.3 is 15.0 Å². The fraction of sp³-hybridized carbons (Fsp3) is 0.875. The second-order valence-corrected chi connectivity index (χ2v) is 7.68. The van der Waals surface area contributed by atoms with Gasteiger partial charge in [0, 0.05) is 19.6 Å². The molecule has 2 heterocycles. The third kappa shape index (κ3) is 2.93. The minimum absolute atomic E-state index is 0.0207. The zero-order valence-corrected chi connectivity index (χ0v) is 13.2. The molecule has 3 rings (SSSR count). The van der Waals surface area contributed by atoms with Gasteiger partial charge in [0.25, 0.3) is 0 Å². The number of hydrogen-bond donors (Lipinski definition) is 1. The third-order valence-electron chi connectivity index (χ3n) is 4.87. The van der Waals surface area contributed by atoms with E-state index in [0.717, 1.165) is 13.0 Å². The molecular formula is C16H26N2O3. The van der Waals surface area contributed by atoms with Crippen molar-refractivity contribution in [1.82, 2.24) is 10.2 Å². The van der Waals surface area contributed by atoms with Crippen LogP contribution < -0.4 is 5.32 Å². The number of ether oxygens (including phenoxy) is 1. The van der Waals surface area contributed by atoms with Crippen LogP contribution in [-0.4, -0.2) is 48.1 Å². The molecule has 0 aromatic carbocycles. The fourth-order valence-corrected chi connectivity index (χ4v) is 3.52. The SMILES string of the molecule is CC(C)(C)C1NC(=O)CCN(C2CCOC2C2CC2)C1=O. The van der Waals surface area contributed by atoms with Crippen molar-refractivity contribution in [2.24, 2.45) is 11.3 Å². The highest BCUT2D eigenvalue weighted by Gasteiger charge is 2.47. The number of amides is 2. The first kappa shape index (κ1) is 14.8. The van der Waals surface area contributed by atoms with E-state index in [2.05, 4.69) is 5.32 Å². The monoisotopic (exact) mass is 294 g/mol. The molecule has 5 nitrogen and oxygen atoms in total. The number of nitrogens with one attached hydrogen (secondary N) is 1. The van der Waals surface area contributed by atoms with Crippen LogP contribution in [0.2, 0.25) is 0 Å². The molecule has 118 valence electrons. The van der Waals surface area contributed by atoms with Crippen LogP contribution in [-0.2, 0) is 14.3 Å². The van der Waals surface area contributed by atoms with E-state index < -0.39 is 6.04 Å². The standard InChI is InChI=1S/C16H26N2O3/c1-16(2,3)14-15(20)18(8-6-12(19)17-14)11-7-9-21-13(11)10-4-5-10/h10-11,13-14H,4-9H2,1-3H3,(H,17,19). The Morgan fingerprint density at radius 1 is 1.19 bits per heavy atom. The second-order valence-electron chi connectivity index (χ2n) is 7.68. The van der Waals surface area contributed by atoms with Crippen molar-refractivity contribution in [3.8, 4) is 0 Å². The zero-order chi connectivity index (χ0) is 15.2. The highest BCUT2D eigenvalue weighted by Crippen LogP contribution is 2.41. The maximum Gasteiger partial charge on any atom is 0.246 e. The van der Waals surface area contributed by atoms with Crippen LogP contribution in [0.25, 0.3) is 0 Å². The quantitative estimate of drug-likeness (QED) is 0.835. The molecule has 3 fully saturated rings. The van der Waals surface area contributed by atoms with E-state index in [1.165, 1.54) is 12.8 Å². The first-order chi connectivity index (χ1) is 9.88. The van der Waals surface area contributed by atoms with Crippen LogP contribution in [0.1, 0.15) is 46.5 Å². The number of nitrogens with zero attached hydrogens (tertiary/aromatic N) is 1. The average Bonchev–Trinajstić information content (AvgIpc) is 3.15. The van der Waals surface area contributed by atoms with E-state index in [1.54, 1.807) is 0 Å². The summed E-state index contributed by atoms with van der Waals surface area (Å²) in [6.45, 7) is 7.26. The van der Waals surface area contributed by atoms with E-state index in [4.69, 9.17) is 4.74 Å². The van der Waals surface area contributed by atoms with Gasteiger partial charge in [0.15, 0.2) is 0 Å². The van der Waals surface area contributed by atoms with Crippen LogP contribution in [0.5, 0.6) is 0 Å². The first-order valence-electron chi connectivity index (χ1n) is 8.09. The molecule has 1 saturated carbocycles. The van der Waals surface area contributed by atoms with Gasteiger partial charge in [0.1, 0.15) is 6.04 Å². The summed E-state index contributed by atoms with van der Waals surface area (Å²) in [4.78, 5) is 26.9. The maximum atomic E-state index is 13.0. The Morgan fingerprint density at radius 2 is 1.90 bits per heavy atom. The van der Waals surface area contributed by atoms with Crippen LogP contribution in [0.4, 0.5) is 0 Å². The Labute approximate surface area is 126 Å². The van der Waals surface area contributed by atoms with E-state index >= 15 is 0 Å². The molecule has 0 radical (unpaired) electrons.